The number of benzene rings is 1. The Bertz CT molecular complexity index is 504. The van der Waals surface area contributed by atoms with Gasteiger partial charge in [0.05, 0.1) is 18.1 Å². The average Bonchev–Trinajstić information content (AvgIpc) is 2.75. The van der Waals surface area contributed by atoms with Crippen LogP contribution in [0.2, 0.25) is 0 Å². The molecule has 82 valence electrons. The standard InChI is InChI=1S/C11H9NO3S/c1-15-11(14)8-4-2-7(3-5-8)10-12-9(13)6-16-10/h2-6,13H,1H3. The lowest BCUT2D eigenvalue weighted by atomic mass is 10.1. The number of carbonyl (C=O) groups excluding carboxylic acids is 1. The Balaban J connectivity index is 2.29. The molecular formula is C11H9NO3S. The zero-order valence-electron chi connectivity index (χ0n) is 8.51. The fourth-order valence-electron chi connectivity index (χ4n) is 1.26. The van der Waals surface area contributed by atoms with Gasteiger partial charge in [-0.1, -0.05) is 12.1 Å². The van der Waals surface area contributed by atoms with Gasteiger partial charge in [0.15, 0.2) is 0 Å². The smallest absolute Gasteiger partial charge is 0.337 e. The van der Waals surface area contributed by atoms with Crippen molar-refractivity contribution in [2.45, 2.75) is 0 Å². The number of methoxy groups -OCH3 is 1. The van der Waals surface area contributed by atoms with Crippen molar-refractivity contribution >= 4 is 17.3 Å². The van der Waals surface area contributed by atoms with Gasteiger partial charge in [-0.3, -0.25) is 0 Å². The zero-order valence-corrected chi connectivity index (χ0v) is 9.32. The Kier molecular flexibility index (Phi) is 2.87. The Morgan fingerprint density at radius 1 is 1.38 bits per heavy atom. The highest BCUT2D eigenvalue weighted by atomic mass is 32.1. The molecule has 0 bridgehead atoms. The Labute approximate surface area is 96.1 Å². The first-order valence-corrected chi connectivity index (χ1v) is 5.42. The molecule has 0 atom stereocenters. The van der Waals surface area contributed by atoms with Crippen molar-refractivity contribution < 1.29 is 14.6 Å². The fraction of sp³-hybridized carbons (Fsp3) is 0.0909. The van der Waals surface area contributed by atoms with Crippen molar-refractivity contribution in [2.75, 3.05) is 7.11 Å². The van der Waals surface area contributed by atoms with Crippen molar-refractivity contribution in [2.24, 2.45) is 0 Å². The number of aromatic hydroxyl groups is 1. The number of ether oxygens (including phenoxy) is 1. The van der Waals surface area contributed by atoms with Crippen LogP contribution in [0, 0.1) is 0 Å². The van der Waals surface area contributed by atoms with Crippen LogP contribution in [-0.2, 0) is 4.74 Å². The lowest BCUT2D eigenvalue weighted by Gasteiger charge is -1.99. The number of aromatic nitrogens is 1. The molecule has 0 fully saturated rings. The van der Waals surface area contributed by atoms with Gasteiger partial charge >= 0.3 is 5.97 Å². The van der Waals surface area contributed by atoms with Gasteiger partial charge in [-0.15, -0.1) is 11.3 Å². The predicted octanol–water partition coefficient (Wildman–Crippen LogP) is 2.30. The molecule has 0 spiro atoms. The molecule has 0 saturated heterocycles. The summed E-state index contributed by atoms with van der Waals surface area (Å²) in [6.07, 6.45) is 0. The van der Waals surface area contributed by atoms with Crippen LogP contribution in [0.5, 0.6) is 5.88 Å². The number of thiazole rings is 1. The van der Waals surface area contributed by atoms with Crippen LogP contribution in [0.1, 0.15) is 10.4 Å². The maximum absolute atomic E-state index is 11.2. The normalized spacial score (nSPS) is 10.1. The van der Waals surface area contributed by atoms with E-state index in [0.29, 0.717) is 10.6 Å². The summed E-state index contributed by atoms with van der Waals surface area (Å²) < 4.78 is 4.59. The lowest BCUT2D eigenvalue weighted by Crippen LogP contribution is -2.00. The summed E-state index contributed by atoms with van der Waals surface area (Å²) in [5.74, 6) is -0.356. The van der Waals surface area contributed by atoms with Gasteiger partial charge in [0.25, 0.3) is 0 Å². The van der Waals surface area contributed by atoms with Gasteiger partial charge in [0.2, 0.25) is 5.88 Å². The third-order valence-electron chi connectivity index (χ3n) is 2.05. The molecule has 2 aromatic rings. The molecule has 4 nitrogen and oxygen atoms in total. The zero-order chi connectivity index (χ0) is 11.5. The summed E-state index contributed by atoms with van der Waals surface area (Å²) in [4.78, 5) is 15.1. The largest absolute Gasteiger partial charge is 0.493 e. The van der Waals surface area contributed by atoms with Crippen LogP contribution in [0.3, 0.4) is 0 Å². The number of nitrogens with zero attached hydrogens (tertiary/aromatic N) is 1. The van der Waals surface area contributed by atoms with E-state index in [-0.39, 0.29) is 11.8 Å². The molecular weight excluding hydrogens is 226 g/mol. The van der Waals surface area contributed by atoms with Crippen molar-refractivity contribution in [1.29, 1.82) is 0 Å². The van der Waals surface area contributed by atoms with Crippen molar-refractivity contribution in [3.63, 3.8) is 0 Å². The molecule has 0 unspecified atom stereocenters. The molecule has 5 heteroatoms. The first kappa shape index (κ1) is 10.6. The van der Waals surface area contributed by atoms with Crippen molar-refractivity contribution in [3.8, 4) is 16.5 Å². The monoisotopic (exact) mass is 235 g/mol. The molecule has 0 saturated carbocycles. The summed E-state index contributed by atoms with van der Waals surface area (Å²) in [6, 6.07) is 6.87. The molecule has 1 N–H and O–H groups in total. The fourth-order valence-corrected chi connectivity index (χ4v) is 1.95. The Morgan fingerprint density at radius 2 is 2.06 bits per heavy atom. The van der Waals surface area contributed by atoms with E-state index in [1.807, 2.05) is 0 Å². The van der Waals surface area contributed by atoms with E-state index in [9.17, 15) is 4.79 Å². The number of esters is 1. The molecule has 1 aromatic carbocycles. The van der Waals surface area contributed by atoms with Crippen molar-refractivity contribution in [3.05, 3.63) is 35.2 Å². The number of rotatable bonds is 2. The highest BCUT2D eigenvalue weighted by molar-refractivity contribution is 7.13. The van der Waals surface area contributed by atoms with E-state index in [1.54, 1.807) is 29.6 Å². The summed E-state index contributed by atoms with van der Waals surface area (Å²) in [5.41, 5.74) is 1.35. The van der Waals surface area contributed by atoms with E-state index in [4.69, 9.17) is 5.11 Å². The van der Waals surface area contributed by atoms with Gasteiger partial charge in [-0.05, 0) is 12.1 Å². The SMILES string of the molecule is COC(=O)c1ccc(-c2nc(O)cs2)cc1. The molecule has 0 aliphatic carbocycles. The molecule has 0 aliphatic heterocycles. The van der Waals surface area contributed by atoms with Crippen LogP contribution in [0.25, 0.3) is 10.6 Å². The summed E-state index contributed by atoms with van der Waals surface area (Å²) >= 11 is 1.35. The van der Waals surface area contributed by atoms with E-state index < -0.39 is 0 Å². The number of carbonyl (C=O) groups is 1. The number of hydrogen-bond donors (Lipinski definition) is 1. The van der Waals surface area contributed by atoms with Gasteiger partial charge in [0, 0.05) is 5.56 Å². The summed E-state index contributed by atoms with van der Waals surface area (Å²) in [5, 5.41) is 11.4. The maximum atomic E-state index is 11.2. The molecule has 1 heterocycles. The van der Waals surface area contributed by atoms with Gasteiger partial charge < -0.3 is 9.84 Å². The minimum atomic E-state index is -0.367. The van der Waals surface area contributed by atoms with E-state index in [1.165, 1.54) is 18.4 Å². The van der Waals surface area contributed by atoms with Gasteiger partial charge in [0.1, 0.15) is 5.01 Å². The average molecular weight is 235 g/mol. The molecule has 1 aromatic heterocycles. The molecule has 16 heavy (non-hydrogen) atoms. The highest BCUT2D eigenvalue weighted by Gasteiger charge is 2.07. The van der Waals surface area contributed by atoms with Crippen LogP contribution < -0.4 is 0 Å². The van der Waals surface area contributed by atoms with E-state index in [2.05, 4.69) is 9.72 Å². The molecule has 0 radical (unpaired) electrons. The third-order valence-corrected chi connectivity index (χ3v) is 2.92. The first-order chi connectivity index (χ1) is 7.70. The summed E-state index contributed by atoms with van der Waals surface area (Å²) in [6.45, 7) is 0. The Morgan fingerprint density at radius 3 is 2.56 bits per heavy atom. The van der Waals surface area contributed by atoms with Gasteiger partial charge in [-0.2, -0.15) is 0 Å². The van der Waals surface area contributed by atoms with Gasteiger partial charge in [-0.25, -0.2) is 9.78 Å². The maximum Gasteiger partial charge on any atom is 0.337 e. The topological polar surface area (TPSA) is 59.4 Å². The van der Waals surface area contributed by atoms with Crippen LogP contribution in [0.4, 0.5) is 0 Å². The Hall–Kier alpha value is -1.88. The first-order valence-electron chi connectivity index (χ1n) is 4.54. The lowest BCUT2D eigenvalue weighted by molar-refractivity contribution is 0.0601. The van der Waals surface area contributed by atoms with Crippen LogP contribution in [0.15, 0.2) is 29.6 Å². The molecule has 0 amide bonds. The van der Waals surface area contributed by atoms with E-state index in [0.717, 1.165) is 5.56 Å². The molecule has 0 aliphatic rings. The molecule has 2 rings (SSSR count). The minimum Gasteiger partial charge on any atom is -0.493 e. The second-order valence-electron chi connectivity index (χ2n) is 3.08. The van der Waals surface area contributed by atoms with E-state index >= 15 is 0 Å². The third kappa shape index (κ3) is 2.04. The van der Waals surface area contributed by atoms with Crippen LogP contribution in [-0.4, -0.2) is 23.2 Å². The predicted molar refractivity (Wildman–Crippen MR) is 60.6 cm³/mol. The number of hydrogen-bond acceptors (Lipinski definition) is 5. The summed E-state index contributed by atoms with van der Waals surface area (Å²) in [7, 11) is 1.34. The van der Waals surface area contributed by atoms with Crippen molar-refractivity contribution in [1.82, 2.24) is 4.98 Å². The second kappa shape index (κ2) is 4.32. The highest BCUT2D eigenvalue weighted by Crippen LogP contribution is 2.26. The second-order valence-corrected chi connectivity index (χ2v) is 3.94. The van der Waals surface area contributed by atoms with Crippen LogP contribution >= 0.6 is 11.3 Å². The minimum absolute atomic E-state index is 0.0112. The quantitative estimate of drug-likeness (QED) is 0.811.